The summed E-state index contributed by atoms with van der Waals surface area (Å²) in [4.78, 5) is 21.5. The van der Waals surface area contributed by atoms with Gasteiger partial charge in [0.05, 0.1) is 29.4 Å². The zero-order chi connectivity index (χ0) is 23.6. The molecule has 2 N–H and O–H groups in total. The van der Waals surface area contributed by atoms with E-state index in [1.54, 1.807) is 29.9 Å². The minimum absolute atomic E-state index is 0.00509. The van der Waals surface area contributed by atoms with Crippen LogP contribution < -0.4 is 10.1 Å². The van der Waals surface area contributed by atoms with E-state index in [4.69, 9.17) is 9.84 Å². The van der Waals surface area contributed by atoms with E-state index in [1.807, 2.05) is 27.7 Å². The third-order valence-corrected chi connectivity index (χ3v) is 5.12. The van der Waals surface area contributed by atoms with Crippen LogP contribution in [0.2, 0.25) is 0 Å². The highest BCUT2D eigenvalue weighted by Crippen LogP contribution is 2.30. The van der Waals surface area contributed by atoms with Gasteiger partial charge in [0.2, 0.25) is 6.36 Å². The molecule has 1 unspecified atom stereocenters. The quantitative estimate of drug-likeness (QED) is 0.547. The number of hydrogen-bond donors (Lipinski definition) is 2. The molecule has 0 bridgehead atoms. The lowest BCUT2D eigenvalue weighted by Crippen LogP contribution is -2.45. The van der Waals surface area contributed by atoms with Gasteiger partial charge in [0.25, 0.3) is 5.91 Å². The predicted molar refractivity (Wildman–Crippen MR) is 120 cm³/mol. The van der Waals surface area contributed by atoms with Crippen LogP contribution >= 0.6 is 0 Å². The number of ether oxygens (including phenoxy) is 1. The SMILES string of the molecule is CC(F)Oc1cncc(-c2nn(C(C)C)c3cc(C(=O)N[C@@H](C(C)C)[C@H](C)O)cnc23)c1. The highest BCUT2D eigenvalue weighted by molar-refractivity contribution is 5.99. The van der Waals surface area contributed by atoms with Crippen LogP contribution in [0.4, 0.5) is 4.39 Å². The maximum atomic E-state index is 13.3. The third-order valence-electron chi connectivity index (χ3n) is 5.12. The van der Waals surface area contributed by atoms with Crippen molar-refractivity contribution in [3.63, 3.8) is 0 Å². The molecule has 172 valence electrons. The summed E-state index contributed by atoms with van der Waals surface area (Å²) in [6.45, 7) is 10.8. The fourth-order valence-electron chi connectivity index (χ4n) is 3.61. The van der Waals surface area contributed by atoms with E-state index < -0.39 is 12.5 Å². The fourth-order valence-corrected chi connectivity index (χ4v) is 3.61. The first-order valence-electron chi connectivity index (χ1n) is 10.7. The van der Waals surface area contributed by atoms with Crippen LogP contribution in [0.5, 0.6) is 5.75 Å². The summed E-state index contributed by atoms with van der Waals surface area (Å²) < 4.78 is 20.2. The fraction of sp³-hybridized carbons (Fsp3) is 0.478. The van der Waals surface area contributed by atoms with Gasteiger partial charge in [0.1, 0.15) is 17.0 Å². The minimum atomic E-state index is -1.47. The van der Waals surface area contributed by atoms with E-state index in [2.05, 4.69) is 15.3 Å². The molecular formula is C23H30FN5O3. The van der Waals surface area contributed by atoms with Crippen molar-refractivity contribution in [2.75, 3.05) is 0 Å². The lowest BCUT2D eigenvalue weighted by Gasteiger charge is -2.25. The summed E-state index contributed by atoms with van der Waals surface area (Å²) in [6, 6.07) is 3.03. The van der Waals surface area contributed by atoms with Crippen LogP contribution in [-0.4, -0.2) is 49.3 Å². The molecule has 3 heterocycles. The van der Waals surface area contributed by atoms with E-state index in [0.717, 1.165) is 0 Å². The first-order valence-corrected chi connectivity index (χ1v) is 10.7. The Kier molecular flexibility index (Phi) is 7.08. The number of aliphatic hydroxyl groups excluding tert-OH is 1. The Morgan fingerprint density at radius 1 is 1.12 bits per heavy atom. The number of amides is 1. The molecule has 0 saturated carbocycles. The lowest BCUT2D eigenvalue weighted by molar-refractivity contribution is 0.0803. The average Bonchev–Trinajstić information content (AvgIpc) is 3.10. The molecule has 3 atom stereocenters. The van der Waals surface area contributed by atoms with Crippen molar-refractivity contribution in [2.24, 2.45) is 5.92 Å². The van der Waals surface area contributed by atoms with Gasteiger partial charge in [-0.1, -0.05) is 13.8 Å². The number of carbonyl (C=O) groups is 1. The Morgan fingerprint density at radius 3 is 2.44 bits per heavy atom. The van der Waals surface area contributed by atoms with Gasteiger partial charge in [0, 0.05) is 30.9 Å². The highest BCUT2D eigenvalue weighted by Gasteiger charge is 2.23. The molecule has 3 rings (SSSR count). The largest absolute Gasteiger partial charge is 0.459 e. The van der Waals surface area contributed by atoms with Gasteiger partial charge in [0.15, 0.2) is 0 Å². The van der Waals surface area contributed by atoms with Crippen molar-refractivity contribution in [2.45, 2.75) is 66.1 Å². The first kappa shape index (κ1) is 23.6. The summed E-state index contributed by atoms with van der Waals surface area (Å²) in [6.07, 6.45) is 2.39. The van der Waals surface area contributed by atoms with Crippen molar-refractivity contribution in [3.05, 3.63) is 36.3 Å². The minimum Gasteiger partial charge on any atom is -0.459 e. The number of pyridine rings is 2. The molecule has 0 aromatic carbocycles. The Hall–Kier alpha value is -3.07. The monoisotopic (exact) mass is 443 g/mol. The number of alkyl halides is 1. The number of carbonyl (C=O) groups excluding carboxylic acids is 1. The Balaban J connectivity index is 2.03. The van der Waals surface area contributed by atoms with E-state index in [9.17, 15) is 14.3 Å². The second kappa shape index (κ2) is 9.60. The summed E-state index contributed by atoms with van der Waals surface area (Å²) in [5.41, 5.74) is 2.85. The number of rotatable bonds is 8. The summed E-state index contributed by atoms with van der Waals surface area (Å²) >= 11 is 0. The topological polar surface area (TPSA) is 102 Å². The van der Waals surface area contributed by atoms with Crippen LogP contribution in [0.15, 0.2) is 30.7 Å². The van der Waals surface area contributed by atoms with Crippen molar-refractivity contribution in [1.82, 2.24) is 25.1 Å². The van der Waals surface area contributed by atoms with Crippen LogP contribution in [0.25, 0.3) is 22.3 Å². The lowest BCUT2D eigenvalue weighted by atomic mass is 9.99. The Morgan fingerprint density at radius 2 is 1.84 bits per heavy atom. The summed E-state index contributed by atoms with van der Waals surface area (Å²) in [5.74, 6) is 0.0436. The molecule has 0 aliphatic rings. The van der Waals surface area contributed by atoms with Crippen molar-refractivity contribution in [1.29, 1.82) is 0 Å². The van der Waals surface area contributed by atoms with E-state index in [1.165, 1.54) is 19.3 Å². The van der Waals surface area contributed by atoms with Gasteiger partial charge in [-0.15, -0.1) is 0 Å². The highest BCUT2D eigenvalue weighted by atomic mass is 19.1. The number of nitrogens with zero attached hydrogens (tertiary/aromatic N) is 4. The Labute approximate surface area is 186 Å². The van der Waals surface area contributed by atoms with Crippen LogP contribution in [0, 0.1) is 5.92 Å². The maximum absolute atomic E-state index is 13.3. The predicted octanol–water partition coefficient (Wildman–Crippen LogP) is 3.90. The zero-order valence-corrected chi connectivity index (χ0v) is 19.2. The second-order valence-corrected chi connectivity index (χ2v) is 8.53. The third kappa shape index (κ3) is 5.04. The van der Waals surface area contributed by atoms with E-state index in [-0.39, 0.29) is 23.9 Å². The first-order chi connectivity index (χ1) is 15.1. The molecule has 0 spiro atoms. The molecule has 3 aromatic rings. The Bertz CT molecular complexity index is 1090. The summed E-state index contributed by atoms with van der Waals surface area (Å²) in [7, 11) is 0. The number of halogens is 1. The van der Waals surface area contributed by atoms with Crippen LogP contribution in [0.1, 0.15) is 57.9 Å². The van der Waals surface area contributed by atoms with Gasteiger partial charge in [-0.25, -0.2) is 4.39 Å². The van der Waals surface area contributed by atoms with Gasteiger partial charge < -0.3 is 15.2 Å². The van der Waals surface area contributed by atoms with Crippen molar-refractivity contribution >= 4 is 16.9 Å². The molecule has 32 heavy (non-hydrogen) atoms. The summed E-state index contributed by atoms with van der Waals surface area (Å²) in [5, 5.41) is 17.6. The molecule has 1 amide bonds. The normalized spacial score (nSPS) is 14.6. The van der Waals surface area contributed by atoms with Crippen LogP contribution in [0.3, 0.4) is 0 Å². The van der Waals surface area contributed by atoms with Gasteiger partial charge in [-0.2, -0.15) is 5.10 Å². The molecule has 0 radical (unpaired) electrons. The zero-order valence-electron chi connectivity index (χ0n) is 19.2. The number of aliphatic hydroxyl groups is 1. The number of aromatic nitrogens is 4. The molecule has 0 fully saturated rings. The maximum Gasteiger partial charge on any atom is 0.253 e. The van der Waals surface area contributed by atoms with Crippen LogP contribution in [-0.2, 0) is 0 Å². The smallest absolute Gasteiger partial charge is 0.253 e. The standard InChI is InChI=1S/C23H30FN5O3/c1-12(2)20(14(5)30)27-23(31)17-8-19-22(26-10-17)21(28-29(19)13(3)4)16-7-18(11-25-9-16)32-15(6)24/h7-15,20,30H,1-6H3,(H,27,31)/t14-,15?,20-/m0/s1. The van der Waals surface area contributed by atoms with Crippen molar-refractivity contribution < 1.29 is 19.0 Å². The molecular weight excluding hydrogens is 413 g/mol. The molecule has 9 heteroatoms. The average molecular weight is 444 g/mol. The van der Waals surface area contributed by atoms with Gasteiger partial charge in [-0.05, 0) is 38.8 Å². The molecule has 0 aliphatic carbocycles. The number of hydrogen-bond acceptors (Lipinski definition) is 6. The number of nitrogens with one attached hydrogen (secondary N) is 1. The van der Waals surface area contributed by atoms with E-state index in [0.29, 0.717) is 33.6 Å². The second-order valence-electron chi connectivity index (χ2n) is 8.53. The molecule has 0 saturated heterocycles. The molecule has 8 nitrogen and oxygen atoms in total. The van der Waals surface area contributed by atoms with Gasteiger partial charge in [-0.3, -0.25) is 19.4 Å². The number of fused-ring (bicyclic) bond motifs is 1. The van der Waals surface area contributed by atoms with Crippen molar-refractivity contribution in [3.8, 4) is 17.0 Å². The van der Waals surface area contributed by atoms with E-state index >= 15 is 0 Å². The van der Waals surface area contributed by atoms with Gasteiger partial charge >= 0.3 is 0 Å². The molecule has 0 aliphatic heterocycles. The molecule has 3 aromatic heterocycles.